The molecule has 0 spiro atoms. The van der Waals surface area contributed by atoms with Gasteiger partial charge in [0.25, 0.3) is 5.91 Å². The fourth-order valence-electron chi connectivity index (χ4n) is 5.58. The monoisotopic (exact) mass is 578 g/mol. The summed E-state index contributed by atoms with van der Waals surface area (Å²) in [6.07, 6.45) is 2.91. The molecule has 2 heterocycles. The van der Waals surface area contributed by atoms with Crippen molar-refractivity contribution in [2.24, 2.45) is 0 Å². The standard InChI is InChI=1S/C32H38N4O2S.ClH/c1-2-25-39-29-18-10-9-17-28(29)35-23-21-34(22-24-35)19-11-12-20-36-30(37)32(33-31(36)38,26-13-5-3-6-14-26)27-15-7-4-8-16-27;/h3-10,13-18H,2,11-12,19-25H2,1H3,(H,33,38);1H. The molecule has 3 aromatic carbocycles. The second kappa shape index (κ2) is 14.1. The van der Waals surface area contributed by atoms with Gasteiger partial charge in [0.05, 0.1) is 5.69 Å². The number of halogens is 1. The minimum absolute atomic E-state index is 0. The number of piperazine rings is 1. The van der Waals surface area contributed by atoms with Crippen molar-refractivity contribution >= 4 is 41.8 Å². The molecule has 3 amide bonds. The molecule has 2 aliphatic rings. The fourth-order valence-corrected chi connectivity index (χ4v) is 6.53. The molecule has 6 nitrogen and oxygen atoms in total. The van der Waals surface area contributed by atoms with E-state index < -0.39 is 5.54 Å². The maximum Gasteiger partial charge on any atom is 0.325 e. The lowest BCUT2D eigenvalue weighted by Crippen LogP contribution is -2.47. The topological polar surface area (TPSA) is 55.9 Å². The third-order valence-electron chi connectivity index (χ3n) is 7.67. The van der Waals surface area contributed by atoms with Crippen LogP contribution in [0.5, 0.6) is 0 Å². The van der Waals surface area contributed by atoms with Crippen LogP contribution in [-0.4, -0.2) is 66.8 Å². The number of nitrogens with zero attached hydrogens (tertiary/aromatic N) is 3. The van der Waals surface area contributed by atoms with E-state index in [0.29, 0.717) is 6.54 Å². The van der Waals surface area contributed by atoms with Crippen LogP contribution in [0.3, 0.4) is 0 Å². The molecule has 8 heteroatoms. The van der Waals surface area contributed by atoms with Gasteiger partial charge in [0, 0.05) is 37.6 Å². The average Bonchev–Trinajstić information content (AvgIpc) is 3.25. The Morgan fingerprint density at radius 3 is 1.98 bits per heavy atom. The number of para-hydroxylation sites is 1. The van der Waals surface area contributed by atoms with Crippen molar-refractivity contribution in [1.82, 2.24) is 15.1 Å². The summed E-state index contributed by atoms with van der Waals surface area (Å²) in [4.78, 5) is 34.7. The second-order valence-electron chi connectivity index (χ2n) is 10.2. The highest BCUT2D eigenvalue weighted by molar-refractivity contribution is 7.99. The quantitative estimate of drug-likeness (QED) is 0.172. The van der Waals surface area contributed by atoms with Crippen LogP contribution in [0, 0.1) is 0 Å². The van der Waals surface area contributed by atoms with Gasteiger partial charge in [0.2, 0.25) is 0 Å². The normalized spacial score (nSPS) is 17.0. The van der Waals surface area contributed by atoms with Gasteiger partial charge in [-0.3, -0.25) is 14.6 Å². The molecule has 0 saturated carbocycles. The highest BCUT2D eigenvalue weighted by Crippen LogP contribution is 2.36. The molecule has 2 fully saturated rings. The number of nitrogens with one attached hydrogen (secondary N) is 1. The molecule has 0 atom stereocenters. The Hall–Kier alpha value is -3.00. The van der Waals surface area contributed by atoms with Gasteiger partial charge >= 0.3 is 6.03 Å². The number of carbonyl (C=O) groups excluding carboxylic acids is 2. The fraction of sp³-hybridized carbons (Fsp3) is 0.375. The van der Waals surface area contributed by atoms with Crippen molar-refractivity contribution in [1.29, 1.82) is 0 Å². The van der Waals surface area contributed by atoms with Crippen molar-refractivity contribution in [2.75, 3.05) is 49.9 Å². The van der Waals surface area contributed by atoms with Gasteiger partial charge in [-0.05, 0) is 54.8 Å². The Balaban J connectivity index is 0.00000370. The molecular formula is C32H39ClN4O2S. The summed E-state index contributed by atoms with van der Waals surface area (Å²) in [7, 11) is 0. The predicted octanol–water partition coefficient (Wildman–Crippen LogP) is 6.01. The van der Waals surface area contributed by atoms with E-state index in [-0.39, 0.29) is 24.3 Å². The SMILES string of the molecule is CCCSc1ccccc1N1CCN(CCCCN2C(=O)NC(c3ccccc3)(c3ccccc3)C2=O)CC1.Cl. The minimum Gasteiger partial charge on any atom is -0.368 e. The number of imide groups is 1. The smallest absolute Gasteiger partial charge is 0.325 e. The second-order valence-corrected chi connectivity index (χ2v) is 11.4. The van der Waals surface area contributed by atoms with Crippen molar-refractivity contribution < 1.29 is 9.59 Å². The molecule has 0 aliphatic carbocycles. The van der Waals surface area contributed by atoms with Gasteiger partial charge in [0.1, 0.15) is 0 Å². The first-order valence-corrected chi connectivity index (χ1v) is 15.1. The zero-order valence-corrected chi connectivity index (χ0v) is 24.8. The number of hydrogen-bond donors (Lipinski definition) is 1. The Labute approximate surface area is 248 Å². The number of anilines is 1. The molecule has 2 saturated heterocycles. The first-order chi connectivity index (χ1) is 19.1. The largest absolute Gasteiger partial charge is 0.368 e. The first kappa shape index (κ1) is 30.0. The number of rotatable bonds is 11. The number of thioether (sulfide) groups is 1. The zero-order chi connectivity index (χ0) is 27.1. The van der Waals surface area contributed by atoms with Crippen LogP contribution in [0.25, 0.3) is 0 Å². The summed E-state index contributed by atoms with van der Waals surface area (Å²) in [6, 6.07) is 27.6. The van der Waals surface area contributed by atoms with E-state index in [9.17, 15) is 9.59 Å². The molecule has 3 aromatic rings. The Bertz CT molecular complexity index is 1210. The predicted molar refractivity (Wildman–Crippen MR) is 167 cm³/mol. The molecule has 1 N–H and O–H groups in total. The van der Waals surface area contributed by atoms with E-state index in [0.717, 1.165) is 62.4 Å². The van der Waals surface area contributed by atoms with E-state index in [2.05, 4.69) is 46.3 Å². The molecule has 212 valence electrons. The van der Waals surface area contributed by atoms with E-state index in [1.54, 1.807) is 0 Å². The summed E-state index contributed by atoms with van der Waals surface area (Å²) < 4.78 is 0. The first-order valence-electron chi connectivity index (χ1n) is 14.1. The molecule has 0 bridgehead atoms. The van der Waals surface area contributed by atoms with Gasteiger partial charge in [-0.15, -0.1) is 24.2 Å². The molecule has 40 heavy (non-hydrogen) atoms. The van der Waals surface area contributed by atoms with Gasteiger partial charge in [-0.25, -0.2) is 4.79 Å². The van der Waals surface area contributed by atoms with Gasteiger partial charge < -0.3 is 10.2 Å². The van der Waals surface area contributed by atoms with E-state index >= 15 is 0 Å². The van der Waals surface area contributed by atoms with Crippen molar-refractivity contribution in [3.8, 4) is 0 Å². The number of amides is 3. The minimum atomic E-state index is -1.18. The van der Waals surface area contributed by atoms with Crippen molar-refractivity contribution in [2.45, 2.75) is 36.6 Å². The molecule has 0 radical (unpaired) electrons. The zero-order valence-electron chi connectivity index (χ0n) is 23.1. The van der Waals surface area contributed by atoms with E-state index in [4.69, 9.17) is 0 Å². The van der Waals surface area contributed by atoms with Crippen molar-refractivity contribution in [3.05, 3.63) is 96.1 Å². The van der Waals surface area contributed by atoms with E-state index in [1.807, 2.05) is 72.4 Å². The Morgan fingerprint density at radius 1 is 0.775 bits per heavy atom. The molecule has 0 aromatic heterocycles. The maximum absolute atomic E-state index is 13.8. The molecular weight excluding hydrogens is 540 g/mol. The number of unbranched alkanes of at least 4 members (excludes halogenated alkanes) is 1. The lowest BCUT2D eigenvalue weighted by atomic mass is 9.82. The van der Waals surface area contributed by atoms with Crippen LogP contribution in [-0.2, 0) is 10.3 Å². The summed E-state index contributed by atoms with van der Waals surface area (Å²) in [5.41, 5.74) is 1.74. The Kier molecular flexibility index (Phi) is 10.5. The van der Waals surface area contributed by atoms with Crippen LogP contribution in [0.1, 0.15) is 37.3 Å². The summed E-state index contributed by atoms with van der Waals surface area (Å²) in [5.74, 6) is 0.949. The lowest BCUT2D eigenvalue weighted by Gasteiger charge is -2.37. The van der Waals surface area contributed by atoms with Gasteiger partial charge in [0.15, 0.2) is 5.54 Å². The average molecular weight is 579 g/mol. The maximum atomic E-state index is 13.8. The number of benzene rings is 3. The highest BCUT2D eigenvalue weighted by Gasteiger charge is 2.53. The van der Waals surface area contributed by atoms with Crippen LogP contribution < -0.4 is 10.2 Å². The third-order valence-corrected chi connectivity index (χ3v) is 8.93. The third kappa shape index (κ3) is 6.32. The number of hydrogen-bond acceptors (Lipinski definition) is 5. The van der Waals surface area contributed by atoms with Gasteiger partial charge in [-0.2, -0.15) is 0 Å². The van der Waals surface area contributed by atoms with Crippen LogP contribution in [0.2, 0.25) is 0 Å². The molecule has 0 unspecified atom stereocenters. The van der Waals surface area contributed by atoms with Crippen LogP contribution >= 0.6 is 24.2 Å². The van der Waals surface area contributed by atoms with Crippen LogP contribution in [0.4, 0.5) is 10.5 Å². The summed E-state index contributed by atoms with van der Waals surface area (Å²) in [6.45, 7) is 7.73. The van der Waals surface area contributed by atoms with Crippen molar-refractivity contribution in [3.63, 3.8) is 0 Å². The van der Waals surface area contributed by atoms with Gasteiger partial charge in [-0.1, -0.05) is 79.7 Å². The summed E-state index contributed by atoms with van der Waals surface area (Å²) >= 11 is 1.95. The summed E-state index contributed by atoms with van der Waals surface area (Å²) in [5, 5.41) is 3.05. The van der Waals surface area contributed by atoms with E-state index in [1.165, 1.54) is 21.9 Å². The molecule has 2 aliphatic heterocycles. The van der Waals surface area contributed by atoms with Crippen LogP contribution in [0.15, 0.2) is 89.8 Å². The number of carbonyl (C=O) groups is 2. The molecule has 5 rings (SSSR count). The Morgan fingerprint density at radius 2 is 1.35 bits per heavy atom. The highest BCUT2D eigenvalue weighted by atomic mass is 35.5. The lowest BCUT2D eigenvalue weighted by molar-refractivity contribution is -0.130. The number of urea groups is 1.